The third kappa shape index (κ3) is 2.14. The number of nitrogens with zero attached hydrogens (tertiary/aromatic N) is 1. The maximum atomic E-state index is 12.1. The van der Waals surface area contributed by atoms with Crippen molar-refractivity contribution in [3.63, 3.8) is 0 Å². The van der Waals surface area contributed by atoms with E-state index >= 15 is 0 Å². The molecule has 0 spiro atoms. The van der Waals surface area contributed by atoms with E-state index in [1.807, 2.05) is 18.7 Å². The maximum Gasteiger partial charge on any atom is 0.225 e. The molecular weight excluding hydrogens is 236 g/mol. The number of hydrogen-bond acceptors (Lipinski definition) is 1. The van der Waals surface area contributed by atoms with Crippen LogP contribution in [-0.4, -0.2) is 28.9 Å². The van der Waals surface area contributed by atoms with Crippen molar-refractivity contribution < 1.29 is 4.79 Å². The summed E-state index contributed by atoms with van der Waals surface area (Å²) in [7, 11) is 0. The van der Waals surface area contributed by atoms with Crippen LogP contribution in [0.1, 0.15) is 25.1 Å². The van der Waals surface area contributed by atoms with E-state index in [9.17, 15) is 4.79 Å². The van der Waals surface area contributed by atoms with E-state index in [2.05, 4.69) is 29.2 Å². The monoisotopic (exact) mass is 256 g/mol. The van der Waals surface area contributed by atoms with Crippen LogP contribution in [0.4, 0.5) is 0 Å². The van der Waals surface area contributed by atoms with Crippen LogP contribution in [0.15, 0.2) is 24.3 Å². The van der Waals surface area contributed by atoms with Crippen LogP contribution < -0.4 is 0 Å². The van der Waals surface area contributed by atoms with Crippen LogP contribution in [0.2, 0.25) is 0 Å². The molecule has 0 aliphatic carbocycles. The quantitative estimate of drug-likeness (QED) is 0.836. The average molecular weight is 256 g/mol. The Morgan fingerprint density at radius 3 is 2.74 bits per heavy atom. The number of aromatic nitrogens is 1. The van der Waals surface area contributed by atoms with Gasteiger partial charge < -0.3 is 9.88 Å². The maximum absolute atomic E-state index is 12.1. The van der Waals surface area contributed by atoms with Gasteiger partial charge in [-0.3, -0.25) is 4.79 Å². The van der Waals surface area contributed by atoms with E-state index in [1.165, 1.54) is 22.2 Å². The average Bonchev–Trinajstić information content (AvgIpc) is 2.63. The zero-order valence-corrected chi connectivity index (χ0v) is 11.6. The Morgan fingerprint density at radius 2 is 1.95 bits per heavy atom. The van der Waals surface area contributed by atoms with Gasteiger partial charge in [0.25, 0.3) is 0 Å². The number of H-pyrrole nitrogens is 1. The lowest BCUT2D eigenvalue weighted by Gasteiger charge is -2.22. The first-order valence-corrected chi connectivity index (χ1v) is 7.04. The molecule has 1 aliphatic heterocycles. The van der Waals surface area contributed by atoms with E-state index in [0.717, 1.165) is 25.9 Å². The number of carbonyl (C=O) groups excluding carboxylic acids is 1. The molecule has 0 radical (unpaired) electrons. The van der Waals surface area contributed by atoms with Gasteiger partial charge in [0.2, 0.25) is 5.91 Å². The summed E-state index contributed by atoms with van der Waals surface area (Å²) >= 11 is 0. The zero-order chi connectivity index (χ0) is 13.4. The molecule has 0 fully saturated rings. The van der Waals surface area contributed by atoms with Crippen molar-refractivity contribution in [2.24, 2.45) is 5.92 Å². The number of para-hydroxylation sites is 1. The highest BCUT2D eigenvalue weighted by molar-refractivity contribution is 5.85. The van der Waals surface area contributed by atoms with Gasteiger partial charge >= 0.3 is 0 Å². The fraction of sp³-hybridized carbons (Fsp3) is 0.438. The molecule has 1 N–H and O–H groups in total. The van der Waals surface area contributed by atoms with Gasteiger partial charge in [-0.2, -0.15) is 0 Å². The Balaban J connectivity index is 1.89. The van der Waals surface area contributed by atoms with E-state index in [-0.39, 0.29) is 11.8 Å². The smallest absolute Gasteiger partial charge is 0.225 e. The first-order valence-electron chi connectivity index (χ1n) is 7.04. The van der Waals surface area contributed by atoms with Gasteiger partial charge in [0, 0.05) is 42.0 Å². The summed E-state index contributed by atoms with van der Waals surface area (Å²) in [5.41, 5.74) is 3.92. The Kier molecular flexibility index (Phi) is 3.05. The number of amides is 1. The Morgan fingerprint density at radius 1 is 1.21 bits per heavy atom. The first kappa shape index (κ1) is 12.3. The van der Waals surface area contributed by atoms with Crippen molar-refractivity contribution in [2.45, 2.75) is 26.7 Å². The minimum absolute atomic E-state index is 0.0909. The van der Waals surface area contributed by atoms with Crippen LogP contribution in [0.5, 0.6) is 0 Å². The van der Waals surface area contributed by atoms with Crippen LogP contribution in [-0.2, 0) is 17.6 Å². The summed E-state index contributed by atoms with van der Waals surface area (Å²) in [4.78, 5) is 17.6. The summed E-state index contributed by atoms with van der Waals surface area (Å²) in [6.45, 7) is 5.62. The molecule has 1 aliphatic rings. The standard InChI is InChI=1S/C16H20N2O/c1-11(2)16(19)18-9-7-13-12-5-3-4-6-14(12)17-15(13)8-10-18/h3-6,11,17H,7-10H2,1-2H3. The van der Waals surface area contributed by atoms with Gasteiger partial charge in [-0.25, -0.2) is 0 Å². The van der Waals surface area contributed by atoms with Gasteiger partial charge in [-0.15, -0.1) is 0 Å². The highest BCUT2D eigenvalue weighted by atomic mass is 16.2. The molecule has 3 nitrogen and oxygen atoms in total. The number of rotatable bonds is 1. The number of carbonyl (C=O) groups is 1. The molecule has 0 unspecified atom stereocenters. The highest BCUT2D eigenvalue weighted by Gasteiger charge is 2.22. The largest absolute Gasteiger partial charge is 0.358 e. The van der Waals surface area contributed by atoms with Crippen LogP contribution >= 0.6 is 0 Å². The number of hydrogen-bond donors (Lipinski definition) is 1. The fourth-order valence-electron chi connectivity index (χ4n) is 2.95. The third-order valence-corrected chi connectivity index (χ3v) is 3.97. The second-order valence-corrected chi connectivity index (χ2v) is 5.61. The molecule has 1 aromatic heterocycles. The van der Waals surface area contributed by atoms with Gasteiger partial charge in [0.15, 0.2) is 0 Å². The molecule has 0 saturated heterocycles. The molecule has 19 heavy (non-hydrogen) atoms. The molecule has 1 amide bonds. The zero-order valence-electron chi connectivity index (χ0n) is 11.6. The first-order chi connectivity index (χ1) is 9.16. The molecule has 3 rings (SSSR count). The number of nitrogens with one attached hydrogen (secondary N) is 1. The van der Waals surface area contributed by atoms with E-state index < -0.39 is 0 Å². The predicted molar refractivity (Wildman–Crippen MR) is 77.1 cm³/mol. The van der Waals surface area contributed by atoms with E-state index in [0.29, 0.717) is 0 Å². The lowest BCUT2D eigenvalue weighted by atomic mass is 10.1. The van der Waals surface area contributed by atoms with Crippen molar-refractivity contribution in [1.82, 2.24) is 9.88 Å². The Bertz CT molecular complexity index is 612. The summed E-state index contributed by atoms with van der Waals surface area (Å²) in [6.07, 6.45) is 1.89. The minimum Gasteiger partial charge on any atom is -0.358 e. The lowest BCUT2D eigenvalue weighted by molar-refractivity contribution is -0.134. The van der Waals surface area contributed by atoms with Crippen LogP contribution in [0, 0.1) is 5.92 Å². The van der Waals surface area contributed by atoms with Gasteiger partial charge in [-0.1, -0.05) is 32.0 Å². The second kappa shape index (κ2) is 4.72. The molecule has 100 valence electrons. The number of benzene rings is 1. The normalized spacial score (nSPS) is 15.6. The summed E-state index contributed by atoms with van der Waals surface area (Å²) in [6, 6.07) is 8.44. The summed E-state index contributed by atoms with van der Waals surface area (Å²) in [5.74, 6) is 0.364. The second-order valence-electron chi connectivity index (χ2n) is 5.61. The third-order valence-electron chi connectivity index (χ3n) is 3.97. The van der Waals surface area contributed by atoms with Gasteiger partial charge in [-0.05, 0) is 18.1 Å². The fourth-order valence-corrected chi connectivity index (χ4v) is 2.95. The summed E-state index contributed by atoms with van der Waals surface area (Å²) < 4.78 is 0. The lowest BCUT2D eigenvalue weighted by Crippen LogP contribution is -2.36. The Labute approximate surface area is 113 Å². The molecule has 1 aromatic carbocycles. The van der Waals surface area contributed by atoms with Crippen molar-refractivity contribution in [3.8, 4) is 0 Å². The molecule has 2 aromatic rings. The number of aromatic amines is 1. The molecule has 0 saturated carbocycles. The van der Waals surface area contributed by atoms with E-state index in [4.69, 9.17) is 0 Å². The molecule has 2 heterocycles. The molecule has 3 heteroatoms. The van der Waals surface area contributed by atoms with Crippen molar-refractivity contribution in [1.29, 1.82) is 0 Å². The van der Waals surface area contributed by atoms with Crippen LogP contribution in [0.3, 0.4) is 0 Å². The topological polar surface area (TPSA) is 36.1 Å². The number of fused-ring (bicyclic) bond motifs is 3. The van der Waals surface area contributed by atoms with Gasteiger partial charge in [0.1, 0.15) is 0 Å². The highest BCUT2D eigenvalue weighted by Crippen LogP contribution is 2.25. The van der Waals surface area contributed by atoms with Crippen LogP contribution in [0.25, 0.3) is 10.9 Å². The SMILES string of the molecule is CC(C)C(=O)N1CCc2[nH]c3ccccc3c2CC1. The predicted octanol–water partition coefficient (Wildman–Crippen LogP) is 2.75. The molecule has 0 atom stereocenters. The summed E-state index contributed by atoms with van der Waals surface area (Å²) in [5, 5.41) is 1.32. The molecule has 0 bridgehead atoms. The minimum atomic E-state index is 0.0909. The Hall–Kier alpha value is -1.77. The van der Waals surface area contributed by atoms with Crippen molar-refractivity contribution in [3.05, 3.63) is 35.5 Å². The molecular formula is C16H20N2O. The van der Waals surface area contributed by atoms with Gasteiger partial charge in [0.05, 0.1) is 0 Å². The van der Waals surface area contributed by atoms with E-state index in [1.54, 1.807) is 0 Å². The van der Waals surface area contributed by atoms with Crippen molar-refractivity contribution in [2.75, 3.05) is 13.1 Å². The van der Waals surface area contributed by atoms with Crippen molar-refractivity contribution >= 4 is 16.8 Å².